The Kier molecular flexibility index (Phi) is 3.43. The highest BCUT2D eigenvalue weighted by Gasteiger charge is 2.21. The van der Waals surface area contributed by atoms with E-state index in [0.29, 0.717) is 11.7 Å². The Bertz CT molecular complexity index is 552. The molecule has 0 bridgehead atoms. The lowest BCUT2D eigenvalue weighted by Gasteiger charge is -2.26. The number of rotatable bonds is 4. The Morgan fingerprint density at radius 2 is 2.11 bits per heavy atom. The van der Waals surface area contributed by atoms with E-state index < -0.39 is 6.10 Å². The van der Waals surface area contributed by atoms with Gasteiger partial charge in [-0.3, -0.25) is 0 Å². The van der Waals surface area contributed by atoms with Crippen molar-refractivity contribution in [2.75, 3.05) is 0 Å². The van der Waals surface area contributed by atoms with Crippen LogP contribution in [0.5, 0.6) is 0 Å². The summed E-state index contributed by atoms with van der Waals surface area (Å²) in [4.78, 5) is 0. The van der Waals surface area contributed by atoms with Crippen molar-refractivity contribution >= 4 is 0 Å². The van der Waals surface area contributed by atoms with Crippen molar-refractivity contribution in [2.45, 2.75) is 44.6 Å². The Labute approximate surface area is 114 Å². The molecule has 1 saturated carbocycles. The summed E-state index contributed by atoms with van der Waals surface area (Å²) in [5.74, 6) is 2.25. The summed E-state index contributed by atoms with van der Waals surface area (Å²) in [6.07, 6.45) is 4.09. The molecule has 0 spiro atoms. The zero-order valence-corrected chi connectivity index (χ0v) is 11.3. The van der Waals surface area contributed by atoms with Crippen LogP contribution in [0.1, 0.15) is 60.9 Å². The maximum absolute atomic E-state index is 10.4. The summed E-state index contributed by atoms with van der Waals surface area (Å²) in [6.45, 7) is 2.05. The molecule has 1 heterocycles. The second-order valence-electron chi connectivity index (χ2n) is 5.36. The minimum atomic E-state index is -0.652. The van der Waals surface area contributed by atoms with Crippen molar-refractivity contribution in [3.8, 4) is 0 Å². The molecule has 0 amide bonds. The first-order valence-corrected chi connectivity index (χ1v) is 7.14. The van der Waals surface area contributed by atoms with Gasteiger partial charge in [0.1, 0.15) is 17.6 Å². The first kappa shape index (κ1) is 12.5. The summed E-state index contributed by atoms with van der Waals surface area (Å²) in [6, 6.07) is 12.1. The average Bonchev–Trinajstić information content (AvgIpc) is 2.85. The van der Waals surface area contributed by atoms with E-state index >= 15 is 0 Å². The van der Waals surface area contributed by atoms with Gasteiger partial charge in [0.15, 0.2) is 0 Å². The van der Waals surface area contributed by atoms with E-state index in [1.807, 2.05) is 31.2 Å². The van der Waals surface area contributed by atoms with Gasteiger partial charge in [0.25, 0.3) is 0 Å². The Morgan fingerprint density at radius 1 is 1.26 bits per heavy atom. The standard InChI is InChI=1S/C17H20O2/c1-2-15-9-10-16(19-15)17(18)14-8-4-7-13(11-14)12-5-3-6-12/h4,7-12,17-18H,2-3,5-6H2,1H3. The normalized spacial score (nSPS) is 17.2. The molecule has 1 fully saturated rings. The zero-order valence-electron chi connectivity index (χ0n) is 11.3. The Morgan fingerprint density at radius 3 is 2.74 bits per heavy atom. The fourth-order valence-corrected chi connectivity index (χ4v) is 2.62. The third kappa shape index (κ3) is 2.45. The van der Waals surface area contributed by atoms with Crippen LogP contribution in [0.3, 0.4) is 0 Å². The van der Waals surface area contributed by atoms with E-state index in [0.717, 1.165) is 17.7 Å². The van der Waals surface area contributed by atoms with Crippen LogP contribution in [0.4, 0.5) is 0 Å². The fraction of sp³-hybridized carbons (Fsp3) is 0.412. The van der Waals surface area contributed by atoms with Crippen molar-refractivity contribution < 1.29 is 9.52 Å². The van der Waals surface area contributed by atoms with Crippen molar-refractivity contribution in [3.05, 3.63) is 59.0 Å². The molecule has 1 N–H and O–H groups in total. The topological polar surface area (TPSA) is 33.4 Å². The number of furan rings is 1. The molecule has 19 heavy (non-hydrogen) atoms. The lowest BCUT2D eigenvalue weighted by molar-refractivity contribution is 0.187. The summed E-state index contributed by atoms with van der Waals surface area (Å²) in [5.41, 5.74) is 2.28. The van der Waals surface area contributed by atoms with Crippen LogP contribution >= 0.6 is 0 Å². The third-order valence-electron chi connectivity index (χ3n) is 4.10. The minimum absolute atomic E-state index is 0.641. The first-order valence-electron chi connectivity index (χ1n) is 7.14. The average molecular weight is 256 g/mol. The molecule has 1 atom stereocenters. The second kappa shape index (κ2) is 5.22. The van der Waals surface area contributed by atoms with Crippen LogP contribution in [0.25, 0.3) is 0 Å². The number of aliphatic hydroxyl groups excluding tert-OH is 1. The molecule has 0 aliphatic heterocycles. The molecule has 1 aromatic carbocycles. The van der Waals surface area contributed by atoms with Gasteiger partial charge in [0.05, 0.1) is 0 Å². The van der Waals surface area contributed by atoms with Gasteiger partial charge in [-0.2, -0.15) is 0 Å². The number of benzene rings is 1. The number of hydrogen-bond donors (Lipinski definition) is 1. The lowest BCUT2D eigenvalue weighted by atomic mass is 9.79. The van der Waals surface area contributed by atoms with E-state index in [9.17, 15) is 5.11 Å². The molecule has 0 radical (unpaired) electrons. The zero-order chi connectivity index (χ0) is 13.2. The van der Waals surface area contributed by atoms with Crippen molar-refractivity contribution in [1.29, 1.82) is 0 Å². The molecule has 2 aromatic rings. The monoisotopic (exact) mass is 256 g/mol. The third-order valence-corrected chi connectivity index (χ3v) is 4.10. The van der Waals surface area contributed by atoms with Crippen LogP contribution in [0, 0.1) is 0 Å². The summed E-state index contributed by atoms with van der Waals surface area (Å²) in [5, 5.41) is 10.4. The van der Waals surface area contributed by atoms with Crippen LogP contribution < -0.4 is 0 Å². The highest BCUT2D eigenvalue weighted by Crippen LogP contribution is 2.37. The predicted octanol–water partition coefficient (Wildman–Crippen LogP) is 4.19. The molecule has 1 aliphatic rings. The highest BCUT2D eigenvalue weighted by molar-refractivity contribution is 5.32. The summed E-state index contributed by atoms with van der Waals surface area (Å²) < 4.78 is 5.64. The molecular formula is C17H20O2. The van der Waals surface area contributed by atoms with Crippen LogP contribution in [0.2, 0.25) is 0 Å². The molecule has 2 nitrogen and oxygen atoms in total. The molecule has 100 valence electrons. The Balaban J connectivity index is 1.84. The maximum Gasteiger partial charge on any atom is 0.137 e. The smallest absolute Gasteiger partial charge is 0.137 e. The maximum atomic E-state index is 10.4. The second-order valence-corrected chi connectivity index (χ2v) is 5.36. The van der Waals surface area contributed by atoms with Gasteiger partial charge in [-0.25, -0.2) is 0 Å². The van der Waals surface area contributed by atoms with E-state index in [1.165, 1.54) is 24.8 Å². The van der Waals surface area contributed by atoms with E-state index in [1.54, 1.807) is 0 Å². The van der Waals surface area contributed by atoms with Gasteiger partial charge in [0, 0.05) is 6.42 Å². The number of hydrogen-bond acceptors (Lipinski definition) is 2. The largest absolute Gasteiger partial charge is 0.463 e. The van der Waals surface area contributed by atoms with Gasteiger partial charge in [0.2, 0.25) is 0 Å². The van der Waals surface area contributed by atoms with E-state index in [4.69, 9.17) is 4.42 Å². The van der Waals surface area contributed by atoms with Crippen LogP contribution in [-0.4, -0.2) is 5.11 Å². The van der Waals surface area contributed by atoms with Crippen molar-refractivity contribution in [1.82, 2.24) is 0 Å². The van der Waals surface area contributed by atoms with Crippen molar-refractivity contribution in [3.63, 3.8) is 0 Å². The van der Waals surface area contributed by atoms with Gasteiger partial charge < -0.3 is 9.52 Å². The molecule has 3 rings (SSSR count). The van der Waals surface area contributed by atoms with Crippen molar-refractivity contribution in [2.24, 2.45) is 0 Å². The molecule has 1 unspecified atom stereocenters. The minimum Gasteiger partial charge on any atom is -0.463 e. The summed E-state index contributed by atoms with van der Waals surface area (Å²) >= 11 is 0. The number of aliphatic hydroxyl groups is 1. The van der Waals surface area contributed by atoms with Gasteiger partial charge >= 0.3 is 0 Å². The molecule has 2 heteroatoms. The SMILES string of the molecule is CCc1ccc(C(O)c2cccc(C3CCC3)c2)o1. The van der Waals surface area contributed by atoms with Gasteiger partial charge in [-0.1, -0.05) is 37.6 Å². The Hall–Kier alpha value is -1.54. The summed E-state index contributed by atoms with van der Waals surface area (Å²) in [7, 11) is 0. The molecule has 1 aromatic heterocycles. The quantitative estimate of drug-likeness (QED) is 0.889. The molecule has 0 saturated heterocycles. The lowest BCUT2D eigenvalue weighted by Crippen LogP contribution is -2.09. The molecular weight excluding hydrogens is 236 g/mol. The van der Waals surface area contributed by atoms with Gasteiger partial charge in [-0.15, -0.1) is 0 Å². The highest BCUT2D eigenvalue weighted by atomic mass is 16.4. The van der Waals surface area contributed by atoms with E-state index in [-0.39, 0.29) is 0 Å². The van der Waals surface area contributed by atoms with E-state index in [2.05, 4.69) is 12.1 Å². The predicted molar refractivity (Wildman–Crippen MR) is 75.2 cm³/mol. The number of aryl methyl sites for hydroxylation is 1. The molecule has 1 aliphatic carbocycles. The first-order chi connectivity index (χ1) is 9.28. The fourth-order valence-electron chi connectivity index (χ4n) is 2.62. The van der Waals surface area contributed by atoms with Crippen LogP contribution in [-0.2, 0) is 6.42 Å². The van der Waals surface area contributed by atoms with Gasteiger partial charge in [-0.05, 0) is 42.0 Å². The van der Waals surface area contributed by atoms with Crippen LogP contribution in [0.15, 0.2) is 40.8 Å².